The lowest BCUT2D eigenvalue weighted by molar-refractivity contribution is -0.127. The second-order valence-electron chi connectivity index (χ2n) is 5.69. The second kappa shape index (κ2) is 8.48. The summed E-state index contributed by atoms with van der Waals surface area (Å²) in [5.74, 6) is -0.200. The van der Waals surface area contributed by atoms with Gasteiger partial charge in [0.15, 0.2) is 0 Å². The molecule has 0 aliphatic carbocycles. The van der Waals surface area contributed by atoms with E-state index in [1.54, 1.807) is 43.3 Å². The third-order valence-electron chi connectivity index (χ3n) is 3.58. The maximum absolute atomic E-state index is 12.3. The molecule has 1 aliphatic rings. The first-order chi connectivity index (χ1) is 11.7. The van der Waals surface area contributed by atoms with Gasteiger partial charge < -0.3 is 4.90 Å². The van der Waals surface area contributed by atoms with Crippen LogP contribution in [0.2, 0.25) is 10.0 Å². The van der Waals surface area contributed by atoms with Gasteiger partial charge in [0, 0.05) is 46.4 Å². The Kier molecular flexibility index (Phi) is 6.84. The lowest BCUT2D eigenvalue weighted by Crippen LogP contribution is -2.54. The number of hydrogen-bond acceptors (Lipinski definition) is 4. The highest BCUT2D eigenvalue weighted by molar-refractivity contribution is 7.87. The lowest BCUT2D eigenvalue weighted by Gasteiger charge is -2.34. The minimum atomic E-state index is -3.58. The smallest absolute Gasteiger partial charge is 0.292 e. The Morgan fingerprint density at radius 3 is 2.44 bits per heavy atom. The molecule has 0 unspecified atom stereocenters. The molecule has 1 aromatic carbocycles. The summed E-state index contributed by atoms with van der Waals surface area (Å²) in [6.07, 6.45) is 3.02. The molecule has 0 aromatic heterocycles. The Bertz CT molecular complexity index is 760. The third kappa shape index (κ3) is 5.40. The Balaban J connectivity index is 1.95. The zero-order valence-electron chi connectivity index (χ0n) is 13.9. The van der Waals surface area contributed by atoms with E-state index in [0.29, 0.717) is 28.7 Å². The van der Waals surface area contributed by atoms with Gasteiger partial charge >= 0.3 is 0 Å². The molecular formula is C15H20Cl2N4O3S. The molecule has 0 saturated carbocycles. The van der Waals surface area contributed by atoms with Crippen LogP contribution in [0.3, 0.4) is 0 Å². The monoisotopic (exact) mass is 406 g/mol. The Morgan fingerprint density at radius 1 is 1.20 bits per heavy atom. The summed E-state index contributed by atoms with van der Waals surface area (Å²) in [6.45, 7) is 1.11. The van der Waals surface area contributed by atoms with E-state index in [1.165, 1.54) is 15.4 Å². The van der Waals surface area contributed by atoms with E-state index in [2.05, 4.69) is 4.83 Å². The van der Waals surface area contributed by atoms with Crippen molar-refractivity contribution in [2.45, 2.75) is 0 Å². The van der Waals surface area contributed by atoms with Crippen LogP contribution in [-0.4, -0.2) is 68.8 Å². The average molecular weight is 407 g/mol. The zero-order chi connectivity index (χ0) is 18.6. The Labute approximate surface area is 157 Å². The fraction of sp³-hybridized carbons (Fsp3) is 0.400. The van der Waals surface area contributed by atoms with Gasteiger partial charge in [-0.05, 0) is 17.7 Å². The average Bonchev–Trinajstić information content (AvgIpc) is 2.55. The van der Waals surface area contributed by atoms with Crippen LogP contribution in [0.1, 0.15) is 5.56 Å². The first kappa shape index (κ1) is 20.2. The highest BCUT2D eigenvalue weighted by Crippen LogP contribution is 2.26. The number of benzene rings is 1. The summed E-state index contributed by atoms with van der Waals surface area (Å²) in [5, 5.41) is 2.17. The van der Waals surface area contributed by atoms with E-state index in [9.17, 15) is 13.2 Å². The molecule has 10 heteroatoms. The lowest BCUT2D eigenvalue weighted by atomic mass is 10.2. The summed E-state index contributed by atoms with van der Waals surface area (Å²) in [5.41, 5.74) is 0.652. The number of hydrogen-bond donors (Lipinski definition) is 1. The molecule has 1 saturated heterocycles. The maximum Gasteiger partial charge on any atom is 0.292 e. The van der Waals surface area contributed by atoms with Gasteiger partial charge in [-0.1, -0.05) is 35.3 Å². The molecule has 7 nitrogen and oxygen atoms in total. The molecule has 1 amide bonds. The van der Waals surface area contributed by atoms with Crippen molar-refractivity contribution in [2.75, 3.05) is 40.3 Å². The molecule has 1 heterocycles. The molecule has 25 heavy (non-hydrogen) atoms. The summed E-state index contributed by atoms with van der Waals surface area (Å²) < 4.78 is 25.5. The van der Waals surface area contributed by atoms with Gasteiger partial charge in [-0.25, -0.2) is 5.01 Å². The van der Waals surface area contributed by atoms with Crippen LogP contribution >= 0.6 is 23.2 Å². The van der Waals surface area contributed by atoms with Crippen LogP contribution in [-0.2, 0) is 15.0 Å². The fourth-order valence-corrected chi connectivity index (χ4v) is 3.94. The zero-order valence-corrected chi connectivity index (χ0v) is 16.3. The maximum atomic E-state index is 12.3. The van der Waals surface area contributed by atoms with Crippen LogP contribution in [0.4, 0.5) is 0 Å². The predicted octanol–water partition coefficient (Wildman–Crippen LogP) is 1.46. The number of carbonyl (C=O) groups excluding carboxylic acids is 1. The molecule has 0 atom stereocenters. The topological polar surface area (TPSA) is 73.0 Å². The highest BCUT2D eigenvalue weighted by atomic mass is 35.5. The van der Waals surface area contributed by atoms with E-state index >= 15 is 0 Å². The van der Waals surface area contributed by atoms with Gasteiger partial charge in [-0.15, -0.1) is 4.83 Å². The van der Waals surface area contributed by atoms with Crippen molar-refractivity contribution in [3.05, 3.63) is 39.9 Å². The summed E-state index contributed by atoms with van der Waals surface area (Å²) in [4.78, 5) is 16.2. The fourth-order valence-electron chi connectivity index (χ4n) is 2.35. The molecular weight excluding hydrogens is 387 g/mol. The third-order valence-corrected chi connectivity index (χ3v) is 6.05. The van der Waals surface area contributed by atoms with Gasteiger partial charge in [-0.2, -0.15) is 12.7 Å². The van der Waals surface area contributed by atoms with E-state index < -0.39 is 10.2 Å². The van der Waals surface area contributed by atoms with Crippen molar-refractivity contribution in [1.29, 1.82) is 0 Å². The van der Waals surface area contributed by atoms with Crippen LogP contribution in [0.5, 0.6) is 0 Å². The first-order valence-corrected chi connectivity index (χ1v) is 9.76. The number of carbonyl (C=O) groups is 1. The van der Waals surface area contributed by atoms with Crippen molar-refractivity contribution in [3.8, 4) is 0 Å². The highest BCUT2D eigenvalue weighted by Gasteiger charge is 2.28. The van der Waals surface area contributed by atoms with Crippen LogP contribution in [0, 0.1) is 0 Å². The standard InChI is InChI=1S/C15H20Cl2N4O3S/c1-19(2)18-25(23,24)21-10-8-20(9-11-21)14(22)7-6-12-4-3-5-13(16)15(12)17/h3-7,18H,8-11H2,1-2H3/b7-6+. The molecule has 1 N–H and O–H groups in total. The summed E-state index contributed by atoms with van der Waals surface area (Å²) in [7, 11) is -0.376. The Morgan fingerprint density at radius 2 is 1.84 bits per heavy atom. The second-order valence-corrected chi connectivity index (χ2v) is 8.13. The summed E-state index contributed by atoms with van der Waals surface area (Å²) in [6, 6.07) is 5.18. The number of piperazine rings is 1. The van der Waals surface area contributed by atoms with E-state index in [0.717, 1.165) is 0 Å². The number of halogens is 2. The number of rotatable bonds is 5. The van der Waals surface area contributed by atoms with Crippen molar-refractivity contribution in [3.63, 3.8) is 0 Å². The van der Waals surface area contributed by atoms with Crippen molar-refractivity contribution in [2.24, 2.45) is 0 Å². The largest absolute Gasteiger partial charge is 0.337 e. The molecule has 0 spiro atoms. The first-order valence-electron chi connectivity index (χ1n) is 7.56. The predicted molar refractivity (Wildman–Crippen MR) is 99.4 cm³/mol. The van der Waals surface area contributed by atoms with Crippen LogP contribution < -0.4 is 4.83 Å². The minimum Gasteiger partial charge on any atom is -0.337 e. The van der Waals surface area contributed by atoms with Gasteiger partial charge in [0.2, 0.25) is 5.91 Å². The van der Waals surface area contributed by atoms with Gasteiger partial charge in [-0.3, -0.25) is 4.79 Å². The quantitative estimate of drug-likeness (QED) is 0.593. The van der Waals surface area contributed by atoms with E-state index in [1.807, 2.05) is 0 Å². The van der Waals surface area contributed by atoms with Crippen molar-refractivity contribution >= 4 is 45.4 Å². The van der Waals surface area contributed by atoms with Crippen molar-refractivity contribution in [1.82, 2.24) is 19.0 Å². The molecule has 0 radical (unpaired) electrons. The van der Waals surface area contributed by atoms with Crippen molar-refractivity contribution < 1.29 is 13.2 Å². The molecule has 1 fully saturated rings. The molecule has 1 aromatic rings. The van der Waals surface area contributed by atoms with E-state index in [-0.39, 0.29) is 19.0 Å². The summed E-state index contributed by atoms with van der Waals surface area (Å²) >= 11 is 12.0. The number of hydrazine groups is 1. The van der Waals surface area contributed by atoms with E-state index in [4.69, 9.17) is 23.2 Å². The van der Waals surface area contributed by atoms with Gasteiger partial charge in [0.05, 0.1) is 10.0 Å². The number of nitrogens with one attached hydrogen (secondary N) is 1. The molecule has 2 rings (SSSR count). The van der Waals surface area contributed by atoms with Crippen LogP contribution in [0.15, 0.2) is 24.3 Å². The molecule has 1 aliphatic heterocycles. The SMILES string of the molecule is CN(C)NS(=O)(=O)N1CCN(C(=O)/C=C/c2cccc(Cl)c2Cl)CC1. The normalized spacial score (nSPS) is 16.8. The Hall–Kier alpha value is -1.16. The molecule has 138 valence electrons. The number of amides is 1. The van der Waals surface area contributed by atoms with Gasteiger partial charge in [0.1, 0.15) is 0 Å². The molecule has 0 bridgehead atoms. The van der Waals surface area contributed by atoms with Gasteiger partial charge in [0.25, 0.3) is 10.2 Å². The number of nitrogens with zero attached hydrogens (tertiary/aromatic N) is 3. The van der Waals surface area contributed by atoms with Crippen LogP contribution in [0.25, 0.3) is 6.08 Å². The minimum absolute atomic E-state index is 0.200.